The van der Waals surface area contributed by atoms with Crippen LogP contribution in [0.25, 0.3) is 10.9 Å². The Morgan fingerprint density at radius 1 is 0.959 bits per heavy atom. The molecular formula is C35H36Cl2N6O5S. The Balaban J connectivity index is 1.12. The molecule has 0 radical (unpaired) electrons. The molecule has 0 aliphatic carbocycles. The first-order valence-corrected chi connectivity index (χ1v) is 18.1. The van der Waals surface area contributed by atoms with Crippen LogP contribution in [0.5, 0.6) is 5.75 Å². The van der Waals surface area contributed by atoms with Gasteiger partial charge in [0.25, 0.3) is 0 Å². The molecule has 2 aliphatic rings. The molecule has 1 atom stereocenters. The number of hydrogen-bond acceptors (Lipinski definition) is 7. The average Bonchev–Trinajstić information content (AvgIpc) is 3.59. The predicted molar refractivity (Wildman–Crippen MR) is 189 cm³/mol. The van der Waals surface area contributed by atoms with E-state index in [0.717, 1.165) is 16.6 Å². The van der Waals surface area contributed by atoms with Crippen molar-refractivity contribution in [2.75, 3.05) is 32.7 Å². The lowest BCUT2D eigenvalue weighted by molar-refractivity contribution is -0.141. The zero-order chi connectivity index (χ0) is 34.9. The van der Waals surface area contributed by atoms with Gasteiger partial charge in [-0.1, -0.05) is 65.7 Å². The summed E-state index contributed by atoms with van der Waals surface area (Å²) >= 11 is 13.3. The van der Waals surface area contributed by atoms with Crippen LogP contribution in [0.1, 0.15) is 35.2 Å². The standard InChI is InChI=1S/C35H36Cl2N6O5S/c1-22-7-10-24-4-2-6-29(33(24)40-22)48-21-26-27(36)13-14-30(32(26)37)49(46,47)43-15-3-5-28(43)35(45)42-18-16-41(17-19-42)31(44)20-23-8-11-25(12-9-23)34(38)39/h2,4,6-14,28H,3,5,15-21H2,1H3,(H3,38,39)/t28-/m0/s1. The molecule has 49 heavy (non-hydrogen) atoms. The Kier molecular flexibility index (Phi) is 10.1. The second-order valence-electron chi connectivity index (χ2n) is 12.2. The molecule has 3 heterocycles. The molecule has 256 valence electrons. The van der Waals surface area contributed by atoms with Crippen molar-refractivity contribution in [1.29, 1.82) is 5.41 Å². The molecule has 2 saturated heterocycles. The lowest BCUT2D eigenvalue weighted by Crippen LogP contribution is -2.55. The summed E-state index contributed by atoms with van der Waals surface area (Å²) in [6, 6.07) is 18.3. The molecule has 3 aromatic carbocycles. The minimum Gasteiger partial charge on any atom is -0.487 e. The molecule has 2 fully saturated rings. The first kappa shape index (κ1) is 34.6. The van der Waals surface area contributed by atoms with Crippen LogP contribution in [0, 0.1) is 12.3 Å². The number of rotatable bonds is 9. The number of aryl methyl sites for hydroxylation is 1. The Morgan fingerprint density at radius 3 is 2.39 bits per heavy atom. The van der Waals surface area contributed by atoms with Crippen molar-refractivity contribution in [1.82, 2.24) is 19.1 Å². The van der Waals surface area contributed by atoms with Gasteiger partial charge in [0.2, 0.25) is 21.8 Å². The normalized spacial score (nSPS) is 17.0. The minimum absolute atomic E-state index is 0.0383. The number of fused-ring (bicyclic) bond motifs is 1. The molecular weight excluding hydrogens is 687 g/mol. The predicted octanol–water partition coefficient (Wildman–Crippen LogP) is 4.78. The zero-order valence-electron chi connectivity index (χ0n) is 26.9. The van der Waals surface area contributed by atoms with E-state index in [1.54, 1.807) is 40.1 Å². The number of para-hydroxylation sites is 1. The Morgan fingerprint density at radius 2 is 1.67 bits per heavy atom. The number of carbonyl (C=O) groups excluding carboxylic acids is 2. The number of carbonyl (C=O) groups is 2. The van der Waals surface area contributed by atoms with Gasteiger partial charge in [-0.2, -0.15) is 4.31 Å². The number of nitrogens with two attached hydrogens (primary N) is 1. The fourth-order valence-corrected chi connectivity index (χ4v) is 8.78. The van der Waals surface area contributed by atoms with Crippen molar-refractivity contribution >= 4 is 61.8 Å². The van der Waals surface area contributed by atoms with E-state index in [4.69, 9.17) is 39.1 Å². The SMILES string of the molecule is Cc1ccc2cccc(OCc3c(Cl)ccc(S(=O)(=O)N4CCC[C@H]4C(=O)N4CCN(C(=O)Cc5ccc(C(=N)N)cc5)CC4)c3Cl)c2n1. The quantitative estimate of drug-likeness (QED) is 0.187. The Hall–Kier alpha value is -4.23. The molecule has 14 heteroatoms. The topological polar surface area (TPSA) is 150 Å². The van der Waals surface area contributed by atoms with E-state index in [-0.39, 0.29) is 52.2 Å². The fraction of sp³-hybridized carbons (Fsp3) is 0.314. The van der Waals surface area contributed by atoms with Crippen molar-refractivity contribution in [3.8, 4) is 5.75 Å². The van der Waals surface area contributed by atoms with Crippen LogP contribution in [-0.4, -0.2) is 83.9 Å². The lowest BCUT2D eigenvalue weighted by atomic mass is 10.1. The van der Waals surface area contributed by atoms with E-state index in [1.807, 2.05) is 31.2 Å². The molecule has 0 spiro atoms. The van der Waals surface area contributed by atoms with E-state index in [0.29, 0.717) is 61.4 Å². The van der Waals surface area contributed by atoms with E-state index in [9.17, 15) is 18.0 Å². The second-order valence-corrected chi connectivity index (χ2v) is 14.8. The Labute approximate surface area is 295 Å². The minimum atomic E-state index is -4.19. The van der Waals surface area contributed by atoms with Crippen molar-refractivity contribution < 1.29 is 22.7 Å². The number of amidine groups is 1. The highest BCUT2D eigenvalue weighted by molar-refractivity contribution is 7.89. The van der Waals surface area contributed by atoms with Gasteiger partial charge < -0.3 is 20.3 Å². The van der Waals surface area contributed by atoms with Gasteiger partial charge in [0.15, 0.2) is 0 Å². The first-order chi connectivity index (χ1) is 23.4. The van der Waals surface area contributed by atoms with Crippen molar-refractivity contribution in [2.24, 2.45) is 5.73 Å². The smallest absolute Gasteiger partial charge is 0.245 e. The number of aromatic nitrogens is 1. The summed E-state index contributed by atoms with van der Waals surface area (Å²) in [4.78, 5) is 34.5. The largest absolute Gasteiger partial charge is 0.487 e. The van der Waals surface area contributed by atoms with Crippen LogP contribution < -0.4 is 10.5 Å². The summed E-state index contributed by atoms with van der Waals surface area (Å²) < 4.78 is 35.5. The van der Waals surface area contributed by atoms with Gasteiger partial charge in [0.05, 0.1) is 11.4 Å². The number of benzene rings is 3. The van der Waals surface area contributed by atoms with Crippen molar-refractivity contribution in [3.05, 3.63) is 99.2 Å². The summed E-state index contributed by atoms with van der Waals surface area (Å²) in [7, 11) is -4.19. The van der Waals surface area contributed by atoms with Gasteiger partial charge in [-0.05, 0) is 49.6 Å². The number of hydrogen-bond donors (Lipinski definition) is 2. The summed E-state index contributed by atoms with van der Waals surface area (Å²) in [5.41, 5.74) is 8.71. The number of nitrogens with zero attached hydrogens (tertiary/aromatic N) is 4. The Bertz CT molecular complexity index is 2030. The van der Waals surface area contributed by atoms with Crippen molar-refractivity contribution in [3.63, 3.8) is 0 Å². The maximum absolute atomic E-state index is 14.1. The molecule has 6 rings (SSSR count). The van der Waals surface area contributed by atoms with Gasteiger partial charge >= 0.3 is 0 Å². The van der Waals surface area contributed by atoms with Crippen LogP contribution in [0.15, 0.2) is 71.6 Å². The average molecular weight is 724 g/mol. The number of sulfonamides is 1. The summed E-state index contributed by atoms with van der Waals surface area (Å²) in [6.07, 6.45) is 1.08. The molecule has 2 aliphatic heterocycles. The van der Waals surface area contributed by atoms with E-state index in [1.165, 1.54) is 16.4 Å². The molecule has 11 nitrogen and oxygen atoms in total. The van der Waals surface area contributed by atoms with Gasteiger partial charge in [-0.25, -0.2) is 13.4 Å². The zero-order valence-corrected chi connectivity index (χ0v) is 29.2. The lowest BCUT2D eigenvalue weighted by Gasteiger charge is -2.37. The highest BCUT2D eigenvalue weighted by Gasteiger charge is 2.43. The van der Waals surface area contributed by atoms with E-state index in [2.05, 4.69) is 4.98 Å². The molecule has 0 bridgehead atoms. The van der Waals surface area contributed by atoms with E-state index >= 15 is 0 Å². The second kappa shape index (κ2) is 14.3. The van der Waals surface area contributed by atoms with Crippen LogP contribution in [0.4, 0.5) is 0 Å². The third-order valence-electron chi connectivity index (χ3n) is 8.98. The first-order valence-electron chi connectivity index (χ1n) is 15.9. The van der Waals surface area contributed by atoms with E-state index < -0.39 is 16.1 Å². The molecule has 4 aromatic rings. The number of amides is 2. The van der Waals surface area contributed by atoms with Crippen LogP contribution in [0.2, 0.25) is 10.0 Å². The number of pyridine rings is 1. The van der Waals surface area contributed by atoms with Crippen LogP contribution in [-0.2, 0) is 32.6 Å². The van der Waals surface area contributed by atoms with Crippen molar-refractivity contribution in [2.45, 2.75) is 43.7 Å². The molecule has 0 saturated carbocycles. The number of halogens is 2. The number of ether oxygens (including phenoxy) is 1. The molecule has 0 unspecified atom stereocenters. The third-order valence-corrected chi connectivity index (χ3v) is 11.8. The summed E-state index contributed by atoms with van der Waals surface area (Å²) in [5, 5.41) is 8.61. The van der Waals surface area contributed by atoms with Gasteiger partial charge in [-0.15, -0.1) is 0 Å². The maximum atomic E-state index is 14.1. The maximum Gasteiger partial charge on any atom is 0.245 e. The summed E-state index contributed by atoms with van der Waals surface area (Å²) in [5.74, 6) is 0.109. The summed E-state index contributed by atoms with van der Waals surface area (Å²) in [6.45, 7) is 3.24. The van der Waals surface area contributed by atoms with Gasteiger partial charge in [0.1, 0.15) is 34.6 Å². The number of nitrogen functional groups attached to an aromatic ring is 1. The monoisotopic (exact) mass is 722 g/mol. The highest BCUT2D eigenvalue weighted by Crippen LogP contribution is 2.37. The van der Waals surface area contributed by atoms with Crippen LogP contribution in [0.3, 0.4) is 0 Å². The fourth-order valence-electron chi connectivity index (χ4n) is 6.27. The molecule has 3 N–H and O–H groups in total. The highest BCUT2D eigenvalue weighted by atomic mass is 35.5. The van der Waals surface area contributed by atoms with Gasteiger partial charge in [-0.3, -0.25) is 15.0 Å². The van der Waals surface area contributed by atoms with Crippen LogP contribution >= 0.6 is 23.2 Å². The third kappa shape index (κ3) is 7.23. The number of nitrogens with one attached hydrogen (secondary N) is 1. The molecule has 2 amide bonds. The molecule has 1 aromatic heterocycles. The number of piperazine rings is 1. The van der Waals surface area contributed by atoms with Gasteiger partial charge in [0, 0.05) is 60.0 Å².